The number of rotatable bonds is 4. The lowest BCUT2D eigenvalue weighted by Gasteiger charge is -2.26. The summed E-state index contributed by atoms with van der Waals surface area (Å²) >= 11 is 2.02. The molecule has 112 valence electrons. The van der Waals surface area contributed by atoms with Crippen LogP contribution in [0.2, 0.25) is 0 Å². The van der Waals surface area contributed by atoms with Gasteiger partial charge in [-0.2, -0.15) is 0 Å². The van der Waals surface area contributed by atoms with E-state index in [1.165, 1.54) is 17.7 Å². The van der Waals surface area contributed by atoms with Crippen LogP contribution in [0, 0.1) is 13.7 Å². The Morgan fingerprint density at radius 2 is 2.29 bits per heavy atom. The lowest BCUT2D eigenvalue weighted by molar-refractivity contribution is -0.384. The van der Waals surface area contributed by atoms with Crippen LogP contribution in [-0.4, -0.2) is 42.5 Å². The second-order valence-corrected chi connectivity index (χ2v) is 5.88. The van der Waals surface area contributed by atoms with E-state index in [4.69, 9.17) is 4.74 Å². The predicted octanol–water partition coefficient (Wildman–Crippen LogP) is 2.62. The van der Waals surface area contributed by atoms with Gasteiger partial charge in [0.2, 0.25) is 0 Å². The van der Waals surface area contributed by atoms with E-state index in [-0.39, 0.29) is 11.6 Å². The number of carbonyl (C=O) groups excluding carboxylic acids is 1. The Morgan fingerprint density at radius 3 is 2.86 bits per heavy atom. The Balaban J connectivity index is 2.18. The molecule has 0 N–H and O–H groups in total. The smallest absolute Gasteiger partial charge is 0.270 e. The van der Waals surface area contributed by atoms with Crippen molar-refractivity contribution in [2.24, 2.45) is 0 Å². The van der Waals surface area contributed by atoms with Gasteiger partial charge in [0.05, 0.1) is 17.1 Å². The maximum absolute atomic E-state index is 12.5. The van der Waals surface area contributed by atoms with Crippen molar-refractivity contribution in [3.8, 4) is 0 Å². The topological polar surface area (TPSA) is 72.7 Å². The highest BCUT2D eigenvalue weighted by molar-refractivity contribution is 14.1. The summed E-state index contributed by atoms with van der Waals surface area (Å²) in [6, 6.07) is 4.35. The number of amides is 1. The van der Waals surface area contributed by atoms with Crippen LogP contribution in [0.25, 0.3) is 0 Å². The number of methoxy groups -OCH3 is 1. The summed E-state index contributed by atoms with van der Waals surface area (Å²) in [6.45, 7) is 1.69. The standard InChI is InChI=1S/C14H15IN2O4/c1-21-9-10-4-6-16(7-5-10)14(18)12-8-11(17(19)20)2-3-13(12)15/h2-4,8H,5-7,9H2,1H3. The molecule has 0 atom stereocenters. The summed E-state index contributed by atoms with van der Waals surface area (Å²) in [5.41, 5.74) is 1.50. The van der Waals surface area contributed by atoms with Gasteiger partial charge in [-0.3, -0.25) is 14.9 Å². The Hall–Kier alpha value is -1.48. The maximum Gasteiger partial charge on any atom is 0.270 e. The number of nitro benzene ring substituents is 1. The Kier molecular flexibility index (Phi) is 5.29. The first-order valence-corrected chi connectivity index (χ1v) is 7.51. The molecule has 0 unspecified atom stereocenters. The highest BCUT2D eigenvalue weighted by atomic mass is 127. The zero-order chi connectivity index (χ0) is 15.4. The van der Waals surface area contributed by atoms with E-state index in [2.05, 4.69) is 0 Å². The van der Waals surface area contributed by atoms with Gasteiger partial charge >= 0.3 is 0 Å². The minimum atomic E-state index is -0.486. The molecule has 1 heterocycles. The van der Waals surface area contributed by atoms with Crippen LogP contribution < -0.4 is 0 Å². The van der Waals surface area contributed by atoms with Gasteiger partial charge in [0.25, 0.3) is 11.6 Å². The van der Waals surface area contributed by atoms with Crippen LogP contribution in [0.1, 0.15) is 16.8 Å². The third-order valence-corrected chi connectivity index (χ3v) is 4.25. The minimum absolute atomic E-state index is 0.0635. The molecule has 0 saturated heterocycles. The molecule has 21 heavy (non-hydrogen) atoms. The van der Waals surface area contributed by atoms with E-state index in [1.807, 2.05) is 28.7 Å². The van der Waals surface area contributed by atoms with Gasteiger partial charge in [0.15, 0.2) is 0 Å². The fraction of sp³-hybridized carbons (Fsp3) is 0.357. The highest BCUT2D eigenvalue weighted by Gasteiger charge is 2.22. The summed E-state index contributed by atoms with van der Waals surface area (Å²) in [6.07, 6.45) is 2.75. The van der Waals surface area contributed by atoms with Crippen LogP contribution in [0.4, 0.5) is 5.69 Å². The van der Waals surface area contributed by atoms with Crippen molar-refractivity contribution in [2.45, 2.75) is 6.42 Å². The highest BCUT2D eigenvalue weighted by Crippen LogP contribution is 2.22. The number of non-ortho nitro benzene ring substituents is 1. The third-order valence-electron chi connectivity index (χ3n) is 3.31. The summed E-state index contributed by atoms with van der Waals surface area (Å²) in [5.74, 6) is -0.171. The van der Waals surface area contributed by atoms with Gasteiger partial charge in [0.1, 0.15) is 0 Å². The summed E-state index contributed by atoms with van der Waals surface area (Å²) in [7, 11) is 1.64. The van der Waals surface area contributed by atoms with E-state index in [0.29, 0.717) is 25.3 Å². The second-order valence-electron chi connectivity index (χ2n) is 4.72. The normalized spacial score (nSPS) is 14.8. The van der Waals surface area contributed by atoms with Gasteiger partial charge in [-0.25, -0.2) is 0 Å². The molecular formula is C14H15IN2O4. The largest absolute Gasteiger partial charge is 0.380 e. The van der Waals surface area contributed by atoms with E-state index < -0.39 is 4.92 Å². The molecule has 0 bridgehead atoms. The van der Waals surface area contributed by atoms with Crippen LogP contribution in [0.3, 0.4) is 0 Å². The van der Waals surface area contributed by atoms with Crippen molar-refractivity contribution < 1.29 is 14.5 Å². The van der Waals surface area contributed by atoms with Gasteiger partial charge in [-0.15, -0.1) is 0 Å². The number of hydrogen-bond acceptors (Lipinski definition) is 4. The molecular weight excluding hydrogens is 387 g/mol. The minimum Gasteiger partial charge on any atom is -0.380 e. The van der Waals surface area contributed by atoms with Gasteiger partial charge in [-0.05, 0) is 40.7 Å². The first kappa shape index (κ1) is 15.9. The average molecular weight is 402 g/mol. The van der Waals surface area contributed by atoms with Crippen LogP contribution in [0.15, 0.2) is 29.8 Å². The molecule has 1 amide bonds. The van der Waals surface area contributed by atoms with Crippen molar-refractivity contribution in [1.29, 1.82) is 0 Å². The number of halogens is 1. The average Bonchev–Trinajstić information content (AvgIpc) is 2.48. The number of carbonyl (C=O) groups is 1. The molecule has 1 aliphatic rings. The Morgan fingerprint density at radius 1 is 1.52 bits per heavy atom. The molecule has 7 heteroatoms. The van der Waals surface area contributed by atoms with E-state index in [9.17, 15) is 14.9 Å². The third kappa shape index (κ3) is 3.79. The molecule has 0 aliphatic carbocycles. The number of ether oxygens (including phenoxy) is 1. The fourth-order valence-electron chi connectivity index (χ4n) is 2.17. The number of nitrogens with zero attached hydrogens (tertiary/aromatic N) is 2. The molecule has 0 saturated carbocycles. The molecule has 1 aromatic rings. The molecule has 0 radical (unpaired) electrons. The molecule has 0 fully saturated rings. The first-order valence-electron chi connectivity index (χ1n) is 6.43. The maximum atomic E-state index is 12.5. The van der Waals surface area contributed by atoms with E-state index in [1.54, 1.807) is 18.1 Å². The van der Waals surface area contributed by atoms with E-state index in [0.717, 1.165) is 9.99 Å². The van der Waals surface area contributed by atoms with Gasteiger partial charge in [-0.1, -0.05) is 6.08 Å². The fourth-order valence-corrected chi connectivity index (χ4v) is 2.74. The number of hydrogen-bond donors (Lipinski definition) is 0. The van der Waals surface area contributed by atoms with Gasteiger partial charge in [0, 0.05) is 35.9 Å². The second kappa shape index (κ2) is 6.99. The summed E-state index contributed by atoms with van der Waals surface area (Å²) in [4.78, 5) is 24.5. The SMILES string of the molecule is COCC1=CCN(C(=O)c2cc([N+](=O)[O-])ccc2I)CC1. The van der Waals surface area contributed by atoms with Crippen LogP contribution in [0.5, 0.6) is 0 Å². The monoisotopic (exact) mass is 402 g/mol. The summed E-state index contributed by atoms with van der Waals surface area (Å²) < 4.78 is 5.79. The van der Waals surface area contributed by atoms with E-state index >= 15 is 0 Å². The molecule has 1 aromatic carbocycles. The Bertz CT molecular complexity index is 601. The molecule has 6 nitrogen and oxygen atoms in total. The predicted molar refractivity (Wildman–Crippen MR) is 86.3 cm³/mol. The van der Waals surface area contributed by atoms with Crippen LogP contribution in [-0.2, 0) is 4.74 Å². The lowest BCUT2D eigenvalue weighted by Crippen LogP contribution is -2.35. The summed E-state index contributed by atoms with van der Waals surface area (Å²) in [5, 5.41) is 10.8. The molecule has 0 spiro atoms. The molecule has 1 aliphatic heterocycles. The van der Waals surface area contributed by atoms with Crippen molar-refractivity contribution in [3.05, 3.63) is 49.1 Å². The zero-order valence-corrected chi connectivity index (χ0v) is 13.7. The van der Waals surface area contributed by atoms with Crippen molar-refractivity contribution in [2.75, 3.05) is 26.8 Å². The van der Waals surface area contributed by atoms with Gasteiger partial charge < -0.3 is 9.64 Å². The lowest BCUT2D eigenvalue weighted by atomic mass is 10.1. The van der Waals surface area contributed by atoms with Crippen molar-refractivity contribution in [1.82, 2.24) is 4.90 Å². The van der Waals surface area contributed by atoms with Crippen molar-refractivity contribution in [3.63, 3.8) is 0 Å². The zero-order valence-electron chi connectivity index (χ0n) is 11.5. The van der Waals surface area contributed by atoms with Crippen molar-refractivity contribution >= 4 is 34.2 Å². The molecule has 0 aromatic heterocycles. The Labute approximate surface area is 136 Å². The quantitative estimate of drug-likeness (QED) is 0.336. The number of nitro groups is 1. The van der Waals surface area contributed by atoms with Crippen LogP contribution >= 0.6 is 22.6 Å². The number of benzene rings is 1. The first-order chi connectivity index (χ1) is 10.0. The molecule has 2 rings (SSSR count).